The lowest BCUT2D eigenvalue weighted by Crippen LogP contribution is -2.11. The molecule has 2 aromatic rings. The summed E-state index contributed by atoms with van der Waals surface area (Å²) in [6, 6.07) is 6.63. The summed E-state index contributed by atoms with van der Waals surface area (Å²) in [5.74, 6) is 0. The van der Waals surface area contributed by atoms with Crippen LogP contribution in [0.25, 0.3) is 0 Å². The molecule has 0 aliphatic heterocycles. The van der Waals surface area contributed by atoms with Crippen molar-refractivity contribution in [2.45, 2.75) is 13.8 Å². The van der Waals surface area contributed by atoms with Crippen LogP contribution >= 0.6 is 0 Å². The maximum absolute atomic E-state index is 5.39. The maximum Gasteiger partial charge on any atom is 0.323 e. The molecule has 0 radical (unpaired) electrons. The Labute approximate surface area is 93.9 Å². The molecule has 5 heteroatoms. The molecule has 0 bridgehead atoms. The average Bonchev–Trinajstić information content (AvgIpc) is 2.64. The first-order valence-electron chi connectivity index (χ1n) is 4.98. The number of nitrogens with zero attached hydrogens (tertiary/aromatic N) is 3. The largest absolute Gasteiger partial charge is 0.389 e. The van der Waals surface area contributed by atoms with Gasteiger partial charge in [-0.15, -0.1) is 0 Å². The van der Waals surface area contributed by atoms with Gasteiger partial charge in [-0.05, 0) is 25.5 Å². The first-order valence-corrected chi connectivity index (χ1v) is 4.98. The number of aromatic nitrogens is 2. The lowest BCUT2D eigenvalue weighted by atomic mass is 10.1. The molecule has 0 amide bonds. The van der Waals surface area contributed by atoms with Crippen LogP contribution in [-0.4, -0.2) is 17.2 Å². The Hall–Kier alpha value is -2.04. The molecule has 0 aliphatic rings. The summed E-state index contributed by atoms with van der Waals surface area (Å²) in [6.45, 7) is 4.10. The first kappa shape index (κ1) is 10.5. The van der Waals surface area contributed by atoms with Gasteiger partial charge in [0, 0.05) is 12.7 Å². The van der Waals surface area contributed by atoms with Crippen molar-refractivity contribution in [1.82, 2.24) is 10.2 Å². The molecular formula is C11H14N4O. The Kier molecular flexibility index (Phi) is 2.52. The van der Waals surface area contributed by atoms with E-state index in [0.29, 0.717) is 6.01 Å². The van der Waals surface area contributed by atoms with Crippen molar-refractivity contribution in [1.29, 1.82) is 0 Å². The van der Waals surface area contributed by atoms with Gasteiger partial charge in [0.1, 0.15) is 0 Å². The van der Waals surface area contributed by atoms with Gasteiger partial charge in [0.25, 0.3) is 0 Å². The molecule has 1 heterocycles. The SMILES string of the molecule is Cc1ccc(N(C)c2nnc(N)o2)c(C)c1. The van der Waals surface area contributed by atoms with Crippen molar-refractivity contribution < 1.29 is 4.42 Å². The second-order valence-corrected chi connectivity index (χ2v) is 3.77. The van der Waals surface area contributed by atoms with E-state index in [9.17, 15) is 0 Å². The minimum atomic E-state index is 0.0756. The Balaban J connectivity index is 2.37. The van der Waals surface area contributed by atoms with Crippen molar-refractivity contribution in [2.24, 2.45) is 0 Å². The Morgan fingerprint density at radius 3 is 2.56 bits per heavy atom. The highest BCUT2D eigenvalue weighted by Crippen LogP contribution is 2.26. The quantitative estimate of drug-likeness (QED) is 0.835. The second kappa shape index (κ2) is 3.84. The molecule has 0 unspecified atom stereocenters. The van der Waals surface area contributed by atoms with Crippen LogP contribution in [0, 0.1) is 13.8 Å². The van der Waals surface area contributed by atoms with Gasteiger partial charge in [-0.2, -0.15) is 0 Å². The molecule has 0 atom stereocenters. The van der Waals surface area contributed by atoms with Crippen LogP contribution < -0.4 is 10.6 Å². The fourth-order valence-corrected chi connectivity index (χ4v) is 1.65. The van der Waals surface area contributed by atoms with E-state index < -0.39 is 0 Å². The van der Waals surface area contributed by atoms with Gasteiger partial charge in [0.15, 0.2) is 0 Å². The molecule has 0 spiro atoms. The molecule has 0 fully saturated rings. The lowest BCUT2D eigenvalue weighted by Gasteiger charge is -2.16. The summed E-state index contributed by atoms with van der Waals surface area (Å²) in [4.78, 5) is 1.82. The molecule has 0 aliphatic carbocycles. The van der Waals surface area contributed by atoms with E-state index in [2.05, 4.69) is 23.2 Å². The molecule has 2 N–H and O–H groups in total. The van der Waals surface area contributed by atoms with Crippen molar-refractivity contribution in [3.05, 3.63) is 29.3 Å². The van der Waals surface area contributed by atoms with Gasteiger partial charge in [-0.3, -0.25) is 4.90 Å². The van der Waals surface area contributed by atoms with Gasteiger partial charge in [0.2, 0.25) is 0 Å². The maximum atomic E-state index is 5.39. The molecule has 16 heavy (non-hydrogen) atoms. The standard InChI is InChI=1S/C11H14N4O/c1-7-4-5-9(8(2)6-7)15(3)11-14-13-10(12)16-11/h4-6H,1-3H3,(H2,12,13). The Morgan fingerprint density at radius 1 is 1.25 bits per heavy atom. The minimum Gasteiger partial charge on any atom is -0.389 e. The number of rotatable bonds is 2. The summed E-state index contributed by atoms with van der Waals surface area (Å²) in [7, 11) is 1.87. The van der Waals surface area contributed by atoms with Crippen LogP contribution in [0.1, 0.15) is 11.1 Å². The van der Waals surface area contributed by atoms with Gasteiger partial charge in [0.05, 0.1) is 0 Å². The van der Waals surface area contributed by atoms with Crippen molar-refractivity contribution in [3.8, 4) is 0 Å². The van der Waals surface area contributed by atoms with Gasteiger partial charge < -0.3 is 10.2 Å². The number of hydrogen-bond donors (Lipinski definition) is 1. The number of benzene rings is 1. The summed E-state index contributed by atoms with van der Waals surface area (Å²) < 4.78 is 5.17. The summed E-state index contributed by atoms with van der Waals surface area (Å²) in [5, 5.41) is 7.47. The van der Waals surface area contributed by atoms with Gasteiger partial charge in [-0.1, -0.05) is 27.9 Å². The third-order valence-electron chi connectivity index (χ3n) is 2.43. The summed E-state index contributed by atoms with van der Waals surface area (Å²) in [6.07, 6.45) is 0. The minimum absolute atomic E-state index is 0.0756. The topological polar surface area (TPSA) is 68.2 Å². The highest BCUT2D eigenvalue weighted by molar-refractivity contribution is 5.60. The predicted octanol–water partition coefficient (Wildman–Crippen LogP) is 2.04. The highest BCUT2D eigenvalue weighted by atomic mass is 16.4. The molecule has 84 valence electrons. The van der Waals surface area contributed by atoms with E-state index in [1.54, 1.807) is 0 Å². The zero-order chi connectivity index (χ0) is 11.7. The second-order valence-electron chi connectivity index (χ2n) is 3.77. The molecule has 1 aromatic carbocycles. The van der Waals surface area contributed by atoms with E-state index in [-0.39, 0.29) is 6.01 Å². The summed E-state index contributed by atoms with van der Waals surface area (Å²) >= 11 is 0. The predicted molar refractivity (Wildman–Crippen MR) is 62.7 cm³/mol. The fourth-order valence-electron chi connectivity index (χ4n) is 1.65. The monoisotopic (exact) mass is 218 g/mol. The highest BCUT2D eigenvalue weighted by Gasteiger charge is 2.12. The third-order valence-corrected chi connectivity index (χ3v) is 2.43. The van der Waals surface area contributed by atoms with Crippen LogP contribution in [0.5, 0.6) is 0 Å². The molecule has 1 aromatic heterocycles. The van der Waals surface area contributed by atoms with Crippen molar-refractivity contribution in [2.75, 3.05) is 17.7 Å². The number of aryl methyl sites for hydroxylation is 2. The van der Waals surface area contributed by atoms with Crippen LogP contribution in [-0.2, 0) is 0 Å². The third kappa shape index (κ3) is 1.84. The van der Waals surface area contributed by atoms with E-state index in [1.807, 2.05) is 31.0 Å². The molecule has 0 saturated heterocycles. The Morgan fingerprint density at radius 2 is 2.00 bits per heavy atom. The zero-order valence-corrected chi connectivity index (χ0v) is 9.56. The molecule has 0 saturated carbocycles. The van der Waals surface area contributed by atoms with Crippen LogP contribution in [0.2, 0.25) is 0 Å². The van der Waals surface area contributed by atoms with Gasteiger partial charge >= 0.3 is 12.0 Å². The Bertz CT molecular complexity index is 506. The number of hydrogen-bond acceptors (Lipinski definition) is 5. The lowest BCUT2D eigenvalue weighted by molar-refractivity contribution is 0.576. The number of nitrogens with two attached hydrogens (primary N) is 1. The number of nitrogen functional groups attached to an aromatic ring is 1. The van der Waals surface area contributed by atoms with Crippen LogP contribution in [0.3, 0.4) is 0 Å². The normalized spacial score (nSPS) is 10.4. The van der Waals surface area contributed by atoms with E-state index in [1.165, 1.54) is 5.56 Å². The molecule has 2 rings (SSSR count). The van der Waals surface area contributed by atoms with E-state index >= 15 is 0 Å². The van der Waals surface area contributed by atoms with Crippen molar-refractivity contribution in [3.63, 3.8) is 0 Å². The first-order chi connectivity index (χ1) is 7.58. The molecule has 5 nitrogen and oxygen atoms in total. The average molecular weight is 218 g/mol. The van der Waals surface area contributed by atoms with E-state index in [0.717, 1.165) is 11.3 Å². The number of anilines is 3. The smallest absolute Gasteiger partial charge is 0.323 e. The fraction of sp³-hybridized carbons (Fsp3) is 0.273. The summed E-state index contributed by atoms with van der Waals surface area (Å²) in [5.41, 5.74) is 8.79. The van der Waals surface area contributed by atoms with Crippen LogP contribution in [0.4, 0.5) is 17.7 Å². The van der Waals surface area contributed by atoms with Crippen LogP contribution in [0.15, 0.2) is 22.6 Å². The zero-order valence-electron chi connectivity index (χ0n) is 9.56. The molecular weight excluding hydrogens is 204 g/mol. The van der Waals surface area contributed by atoms with Crippen molar-refractivity contribution >= 4 is 17.7 Å². The van der Waals surface area contributed by atoms with Gasteiger partial charge in [-0.25, -0.2) is 0 Å². The van der Waals surface area contributed by atoms with E-state index in [4.69, 9.17) is 10.2 Å².